The number of benzene rings is 1. The van der Waals surface area contributed by atoms with Crippen LogP contribution in [0.3, 0.4) is 0 Å². The van der Waals surface area contributed by atoms with Gasteiger partial charge in [-0.05, 0) is 30.9 Å². The van der Waals surface area contributed by atoms with Gasteiger partial charge in [0, 0.05) is 6.08 Å². The van der Waals surface area contributed by atoms with E-state index in [4.69, 9.17) is 4.74 Å². The first-order chi connectivity index (χ1) is 17.8. The van der Waals surface area contributed by atoms with Crippen molar-refractivity contribution in [2.75, 3.05) is 0 Å². The van der Waals surface area contributed by atoms with E-state index in [-0.39, 0.29) is 5.97 Å². The zero-order chi connectivity index (χ0) is 25.4. The summed E-state index contributed by atoms with van der Waals surface area (Å²) in [4.78, 5) is 11.7. The van der Waals surface area contributed by atoms with Crippen molar-refractivity contribution < 1.29 is 9.53 Å². The van der Waals surface area contributed by atoms with Gasteiger partial charge in [-0.25, -0.2) is 4.79 Å². The highest BCUT2D eigenvalue weighted by molar-refractivity contribution is 5.84. The van der Waals surface area contributed by atoms with E-state index < -0.39 is 0 Å². The lowest BCUT2D eigenvalue weighted by Crippen LogP contribution is -2.05. The highest BCUT2D eigenvalue weighted by Gasteiger charge is 2.12. The van der Waals surface area contributed by atoms with Gasteiger partial charge in [-0.3, -0.25) is 0 Å². The molecule has 1 fully saturated rings. The average Bonchev–Trinajstić information content (AvgIpc) is 2.90. The Labute approximate surface area is 220 Å². The smallest absolute Gasteiger partial charge is 0.336 e. The van der Waals surface area contributed by atoms with Crippen LogP contribution in [0.2, 0.25) is 0 Å². The van der Waals surface area contributed by atoms with Crippen LogP contribution in [0.1, 0.15) is 89.9 Å². The molecule has 1 aromatic rings. The fourth-order valence-corrected chi connectivity index (χ4v) is 4.52. The third-order valence-corrected chi connectivity index (χ3v) is 6.54. The molecule has 0 heterocycles. The molecule has 194 valence electrons. The van der Waals surface area contributed by atoms with Crippen LogP contribution in [0.25, 0.3) is 0 Å². The first kappa shape index (κ1) is 29.4. The van der Waals surface area contributed by atoms with Crippen LogP contribution in [0.15, 0.2) is 103 Å². The topological polar surface area (TPSA) is 26.3 Å². The second-order valence-electron chi connectivity index (χ2n) is 9.62. The number of ether oxygens (including phenoxy) is 1. The SMILES string of the molecule is O=C(C=CC=CC=CC=CC=CC=CCCCCCCCCCC1CCCCC1)Oc1ccccc1. The normalized spacial score (nSPS) is 15.6. The number of unbranched alkanes of at least 4 members (excludes halogenated alkanes) is 7. The van der Waals surface area contributed by atoms with Crippen LogP contribution in [0, 0.1) is 5.92 Å². The number of allylic oxidation sites excluding steroid dienone is 11. The first-order valence-corrected chi connectivity index (χ1v) is 14.1. The summed E-state index contributed by atoms with van der Waals surface area (Å²) in [5.41, 5.74) is 0. The molecule has 1 aromatic carbocycles. The minimum atomic E-state index is -0.386. The van der Waals surface area contributed by atoms with Gasteiger partial charge < -0.3 is 4.74 Å². The van der Waals surface area contributed by atoms with Crippen LogP contribution in [-0.2, 0) is 4.79 Å². The van der Waals surface area contributed by atoms with E-state index in [0.717, 1.165) is 5.92 Å². The largest absolute Gasteiger partial charge is 0.423 e. The molecular formula is C34H46O2. The summed E-state index contributed by atoms with van der Waals surface area (Å²) in [5.74, 6) is 1.22. The van der Waals surface area contributed by atoms with Crippen molar-refractivity contribution in [2.45, 2.75) is 89.9 Å². The maximum atomic E-state index is 11.7. The second kappa shape index (κ2) is 21.4. The molecule has 0 radical (unpaired) electrons. The molecule has 1 aliphatic rings. The first-order valence-electron chi connectivity index (χ1n) is 14.1. The summed E-state index contributed by atoms with van der Waals surface area (Å²) >= 11 is 0. The molecular weight excluding hydrogens is 440 g/mol. The lowest BCUT2D eigenvalue weighted by atomic mass is 9.85. The summed E-state index contributed by atoms with van der Waals surface area (Å²) in [5, 5.41) is 0. The molecule has 1 saturated carbocycles. The van der Waals surface area contributed by atoms with E-state index in [1.54, 1.807) is 24.3 Å². The fourth-order valence-electron chi connectivity index (χ4n) is 4.52. The van der Waals surface area contributed by atoms with E-state index in [9.17, 15) is 4.79 Å². The minimum Gasteiger partial charge on any atom is -0.423 e. The molecule has 0 atom stereocenters. The lowest BCUT2D eigenvalue weighted by molar-refractivity contribution is -0.128. The van der Waals surface area contributed by atoms with Crippen LogP contribution in [0.4, 0.5) is 0 Å². The van der Waals surface area contributed by atoms with Gasteiger partial charge in [-0.1, -0.05) is 162 Å². The third-order valence-electron chi connectivity index (χ3n) is 6.54. The predicted octanol–water partition coefficient (Wildman–Crippen LogP) is 10.0. The molecule has 2 nitrogen and oxygen atoms in total. The van der Waals surface area contributed by atoms with Crippen LogP contribution in [-0.4, -0.2) is 5.97 Å². The minimum absolute atomic E-state index is 0.386. The Balaban J connectivity index is 1.38. The number of hydrogen-bond donors (Lipinski definition) is 0. The molecule has 2 heteroatoms. The standard InChI is InChI=1S/C34H46O2/c35-34(36-33-29-23-19-24-30-33)31-25-17-15-13-11-9-7-5-3-1-2-4-6-8-10-12-14-16-20-26-32-27-21-18-22-28-32/h1-3,5,7,9,11,13,15,17,19,23-25,29-32H,4,6,8,10,12,14,16,18,20-22,26-28H2. The highest BCUT2D eigenvalue weighted by atomic mass is 16.5. The van der Waals surface area contributed by atoms with E-state index in [2.05, 4.69) is 18.2 Å². The molecule has 0 aliphatic heterocycles. The maximum Gasteiger partial charge on any atom is 0.336 e. The van der Waals surface area contributed by atoms with Gasteiger partial charge in [0.25, 0.3) is 0 Å². The van der Waals surface area contributed by atoms with E-state index >= 15 is 0 Å². The average molecular weight is 487 g/mol. The van der Waals surface area contributed by atoms with Crippen molar-refractivity contribution in [3.63, 3.8) is 0 Å². The number of esters is 1. The molecule has 36 heavy (non-hydrogen) atoms. The van der Waals surface area contributed by atoms with Gasteiger partial charge >= 0.3 is 5.97 Å². The van der Waals surface area contributed by atoms with Gasteiger partial charge in [-0.15, -0.1) is 0 Å². The summed E-state index contributed by atoms with van der Waals surface area (Å²) in [6.45, 7) is 0. The molecule has 0 bridgehead atoms. The van der Waals surface area contributed by atoms with Gasteiger partial charge in [-0.2, -0.15) is 0 Å². The molecule has 0 spiro atoms. The molecule has 0 N–H and O–H groups in total. The number of carbonyl (C=O) groups is 1. The molecule has 0 aromatic heterocycles. The Bertz CT molecular complexity index is 848. The number of hydrogen-bond acceptors (Lipinski definition) is 2. The van der Waals surface area contributed by atoms with Gasteiger partial charge in [0.1, 0.15) is 5.75 Å². The lowest BCUT2D eigenvalue weighted by Gasteiger charge is -2.21. The molecule has 0 saturated heterocycles. The zero-order valence-electron chi connectivity index (χ0n) is 22.1. The molecule has 0 amide bonds. The quantitative estimate of drug-likeness (QED) is 0.0720. The van der Waals surface area contributed by atoms with E-state index in [1.165, 1.54) is 96.0 Å². The summed E-state index contributed by atoms with van der Waals surface area (Å²) in [6, 6.07) is 9.05. The van der Waals surface area contributed by atoms with Crippen LogP contribution < -0.4 is 4.74 Å². The van der Waals surface area contributed by atoms with Crippen molar-refractivity contribution in [3.05, 3.63) is 103 Å². The van der Waals surface area contributed by atoms with Crippen molar-refractivity contribution in [1.82, 2.24) is 0 Å². The van der Waals surface area contributed by atoms with Crippen molar-refractivity contribution in [3.8, 4) is 5.75 Å². The van der Waals surface area contributed by atoms with Crippen molar-refractivity contribution in [2.24, 2.45) is 5.92 Å². The van der Waals surface area contributed by atoms with Gasteiger partial charge in [0.15, 0.2) is 0 Å². The number of rotatable bonds is 17. The van der Waals surface area contributed by atoms with E-state index in [0.29, 0.717) is 5.75 Å². The highest BCUT2D eigenvalue weighted by Crippen LogP contribution is 2.28. The Morgan fingerprint density at radius 1 is 0.667 bits per heavy atom. The zero-order valence-corrected chi connectivity index (χ0v) is 22.1. The molecule has 2 rings (SSSR count). The van der Waals surface area contributed by atoms with Gasteiger partial charge in [0.2, 0.25) is 0 Å². The fraction of sp³-hybridized carbons (Fsp3) is 0.441. The van der Waals surface area contributed by atoms with Crippen LogP contribution >= 0.6 is 0 Å². The van der Waals surface area contributed by atoms with Crippen molar-refractivity contribution >= 4 is 5.97 Å². The molecule has 1 aliphatic carbocycles. The Morgan fingerprint density at radius 3 is 1.89 bits per heavy atom. The number of para-hydroxylation sites is 1. The monoisotopic (exact) mass is 486 g/mol. The Kier molecular flexibility index (Phi) is 17.5. The summed E-state index contributed by atoms with van der Waals surface area (Å²) in [6.07, 6.45) is 43.1. The third kappa shape index (κ3) is 16.7. The summed E-state index contributed by atoms with van der Waals surface area (Å²) in [7, 11) is 0. The van der Waals surface area contributed by atoms with E-state index in [1.807, 2.05) is 54.7 Å². The van der Waals surface area contributed by atoms with Crippen molar-refractivity contribution in [1.29, 1.82) is 0 Å². The molecule has 0 unspecified atom stereocenters. The Hall–Kier alpha value is -2.87. The Morgan fingerprint density at radius 2 is 1.22 bits per heavy atom. The predicted molar refractivity (Wildman–Crippen MR) is 155 cm³/mol. The summed E-state index contributed by atoms with van der Waals surface area (Å²) < 4.78 is 5.17. The van der Waals surface area contributed by atoms with Crippen LogP contribution in [0.5, 0.6) is 5.75 Å². The second-order valence-corrected chi connectivity index (χ2v) is 9.62. The maximum absolute atomic E-state index is 11.7. The van der Waals surface area contributed by atoms with Gasteiger partial charge in [0.05, 0.1) is 0 Å². The number of carbonyl (C=O) groups excluding carboxylic acids is 1.